The first-order valence-corrected chi connectivity index (χ1v) is 8.16. The van der Waals surface area contributed by atoms with Crippen molar-refractivity contribution in [3.8, 4) is 5.75 Å². The highest BCUT2D eigenvalue weighted by Crippen LogP contribution is 2.49. The van der Waals surface area contributed by atoms with Gasteiger partial charge < -0.3 is 10.1 Å². The molecular formula is C18H27NO. The SMILES string of the molecule is CCCC1(CNC2CCCc3cc(OC)ccc32)CC1. The molecule has 1 atom stereocenters. The molecule has 110 valence electrons. The third-order valence-electron chi connectivity index (χ3n) is 5.13. The largest absolute Gasteiger partial charge is 0.497 e. The first kappa shape index (κ1) is 13.9. The highest BCUT2D eigenvalue weighted by Gasteiger charge is 2.41. The predicted molar refractivity (Wildman–Crippen MR) is 83.3 cm³/mol. The van der Waals surface area contributed by atoms with E-state index in [0.29, 0.717) is 11.5 Å². The maximum atomic E-state index is 5.35. The second-order valence-electron chi connectivity index (χ2n) is 6.64. The Hall–Kier alpha value is -1.02. The van der Waals surface area contributed by atoms with Gasteiger partial charge >= 0.3 is 0 Å². The smallest absolute Gasteiger partial charge is 0.119 e. The molecule has 1 N–H and O–H groups in total. The average molecular weight is 273 g/mol. The van der Waals surface area contributed by atoms with Gasteiger partial charge in [0.15, 0.2) is 0 Å². The van der Waals surface area contributed by atoms with Crippen LogP contribution in [0.2, 0.25) is 0 Å². The second-order valence-corrected chi connectivity index (χ2v) is 6.64. The lowest BCUT2D eigenvalue weighted by molar-refractivity contribution is 0.366. The molecule has 3 rings (SSSR count). The van der Waals surface area contributed by atoms with Crippen molar-refractivity contribution in [2.45, 2.75) is 57.9 Å². The average Bonchev–Trinajstić information content (AvgIpc) is 3.25. The summed E-state index contributed by atoms with van der Waals surface area (Å²) in [6, 6.07) is 7.16. The molecule has 0 radical (unpaired) electrons. The third kappa shape index (κ3) is 2.85. The lowest BCUT2D eigenvalue weighted by Gasteiger charge is -2.29. The Balaban J connectivity index is 1.67. The first-order valence-electron chi connectivity index (χ1n) is 8.16. The number of nitrogens with one attached hydrogen (secondary N) is 1. The van der Waals surface area contributed by atoms with Gasteiger partial charge in [-0.25, -0.2) is 0 Å². The van der Waals surface area contributed by atoms with E-state index in [0.717, 1.165) is 5.75 Å². The van der Waals surface area contributed by atoms with Crippen LogP contribution in [0.4, 0.5) is 0 Å². The van der Waals surface area contributed by atoms with E-state index in [2.05, 4.69) is 30.4 Å². The Labute approximate surface area is 122 Å². The van der Waals surface area contributed by atoms with Crippen molar-refractivity contribution in [2.75, 3.05) is 13.7 Å². The summed E-state index contributed by atoms with van der Waals surface area (Å²) in [7, 11) is 1.75. The maximum Gasteiger partial charge on any atom is 0.119 e. The third-order valence-corrected chi connectivity index (χ3v) is 5.13. The van der Waals surface area contributed by atoms with E-state index >= 15 is 0 Å². The molecule has 2 heteroatoms. The molecule has 1 aromatic rings. The normalized spacial score (nSPS) is 23.2. The van der Waals surface area contributed by atoms with Gasteiger partial charge in [-0.1, -0.05) is 19.4 Å². The lowest BCUT2D eigenvalue weighted by atomic mass is 9.87. The monoisotopic (exact) mass is 273 g/mol. The summed E-state index contributed by atoms with van der Waals surface area (Å²) < 4.78 is 5.35. The summed E-state index contributed by atoms with van der Waals surface area (Å²) in [6.45, 7) is 3.51. The van der Waals surface area contributed by atoms with E-state index in [1.807, 2.05) is 0 Å². The van der Waals surface area contributed by atoms with E-state index in [4.69, 9.17) is 4.74 Å². The van der Waals surface area contributed by atoms with Gasteiger partial charge in [-0.3, -0.25) is 0 Å². The van der Waals surface area contributed by atoms with Gasteiger partial charge in [0.05, 0.1) is 7.11 Å². The van der Waals surface area contributed by atoms with E-state index in [1.54, 1.807) is 7.11 Å². The van der Waals surface area contributed by atoms with Gasteiger partial charge in [-0.2, -0.15) is 0 Å². The van der Waals surface area contributed by atoms with Crippen molar-refractivity contribution < 1.29 is 4.74 Å². The van der Waals surface area contributed by atoms with Gasteiger partial charge in [-0.05, 0) is 67.2 Å². The number of hydrogen-bond acceptors (Lipinski definition) is 2. The fourth-order valence-electron chi connectivity index (χ4n) is 3.69. The van der Waals surface area contributed by atoms with E-state index in [-0.39, 0.29) is 0 Å². The highest BCUT2D eigenvalue weighted by atomic mass is 16.5. The van der Waals surface area contributed by atoms with Crippen LogP contribution in [0, 0.1) is 5.41 Å². The van der Waals surface area contributed by atoms with Crippen LogP contribution in [0.3, 0.4) is 0 Å². The molecule has 0 saturated heterocycles. The van der Waals surface area contributed by atoms with Crippen molar-refractivity contribution in [3.05, 3.63) is 29.3 Å². The quantitative estimate of drug-likeness (QED) is 0.837. The van der Waals surface area contributed by atoms with Gasteiger partial charge in [0, 0.05) is 12.6 Å². The minimum atomic E-state index is 0.555. The zero-order chi connectivity index (χ0) is 14.0. The molecule has 1 fully saturated rings. The van der Waals surface area contributed by atoms with Gasteiger partial charge in [-0.15, -0.1) is 0 Å². The number of benzene rings is 1. The number of aryl methyl sites for hydroxylation is 1. The van der Waals surface area contributed by atoms with Crippen molar-refractivity contribution in [3.63, 3.8) is 0 Å². The van der Waals surface area contributed by atoms with E-state index in [9.17, 15) is 0 Å². The van der Waals surface area contributed by atoms with Crippen molar-refractivity contribution in [1.29, 1.82) is 0 Å². The molecule has 20 heavy (non-hydrogen) atoms. The molecule has 0 aliphatic heterocycles. The molecular weight excluding hydrogens is 246 g/mol. The summed E-state index contributed by atoms with van der Waals surface area (Å²) >= 11 is 0. The molecule has 1 unspecified atom stereocenters. The minimum absolute atomic E-state index is 0.555. The van der Waals surface area contributed by atoms with Crippen LogP contribution in [0.1, 0.15) is 62.6 Å². The Kier molecular flexibility index (Phi) is 4.02. The Morgan fingerprint density at radius 1 is 1.35 bits per heavy atom. The molecule has 0 spiro atoms. The Bertz CT molecular complexity index is 464. The zero-order valence-electron chi connectivity index (χ0n) is 12.9. The summed E-state index contributed by atoms with van der Waals surface area (Å²) in [4.78, 5) is 0. The van der Waals surface area contributed by atoms with Gasteiger partial charge in [0.1, 0.15) is 5.75 Å². The van der Waals surface area contributed by atoms with Gasteiger partial charge in [0.25, 0.3) is 0 Å². The van der Waals surface area contributed by atoms with Crippen LogP contribution in [-0.4, -0.2) is 13.7 Å². The Morgan fingerprint density at radius 2 is 2.20 bits per heavy atom. The minimum Gasteiger partial charge on any atom is -0.497 e. The summed E-state index contributed by atoms with van der Waals surface area (Å²) in [5.74, 6) is 0.994. The maximum absolute atomic E-state index is 5.35. The van der Waals surface area contributed by atoms with Crippen molar-refractivity contribution in [2.24, 2.45) is 5.41 Å². The molecule has 0 bridgehead atoms. The number of methoxy groups -OCH3 is 1. The highest BCUT2D eigenvalue weighted by molar-refractivity contribution is 5.39. The van der Waals surface area contributed by atoms with Crippen molar-refractivity contribution in [1.82, 2.24) is 5.32 Å². The molecule has 2 aliphatic rings. The predicted octanol–water partition coefficient (Wildman–Crippen LogP) is 4.24. The molecule has 2 aliphatic carbocycles. The second kappa shape index (κ2) is 5.77. The zero-order valence-corrected chi connectivity index (χ0v) is 12.9. The molecule has 0 aromatic heterocycles. The van der Waals surface area contributed by atoms with Crippen LogP contribution in [-0.2, 0) is 6.42 Å². The molecule has 1 aromatic carbocycles. The van der Waals surface area contributed by atoms with Crippen LogP contribution in [0.25, 0.3) is 0 Å². The standard InChI is InChI=1S/C18H27NO/c1-3-9-18(10-11-18)13-19-17-6-4-5-14-12-15(20-2)7-8-16(14)17/h7-8,12,17,19H,3-6,9-11,13H2,1-2H3. The van der Waals surface area contributed by atoms with Crippen LogP contribution in [0.5, 0.6) is 5.75 Å². The molecule has 0 heterocycles. The molecule has 0 amide bonds. The van der Waals surface area contributed by atoms with E-state index in [1.165, 1.54) is 62.6 Å². The summed E-state index contributed by atoms with van der Waals surface area (Å²) in [5, 5.41) is 3.86. The van der Waals surface area contributed by atoms with Crippen LogP contribution in [0.15, 0.2) is 18.2 Å². The summed E-state index contributed by atoms with van der Waals surface area (Å²) in [6.07, 6.45) is 9.33. The lowest BCUT2D eigenvalue weighted by Crippen LogP contribution is -2.30. The van der Waals surface area contributed by atoms with Crippen LogP contribution >= 0.6 is 0 Å². The fraction of sp³-hybridized carbons (Fsp3) is 0.667. The van der Waals surface area contributed by atoms with Crippen LogP contribution < -0.4 is 10.1 Å². The number of fused-ring (bicyclic) bond motifs is 1. The topological polar surface area (TPSA) is 21.3 Å². The summed E-state index contributed by atoms with van der Waals surface area (Å²) in [5.41, 5.74) is 3.62. The molecule has 1 saturated carbocycles. The van der Waals surface area contributed by atoms with E-state index < -0.39 is 0 Å². The fourth-order valence-corrected chi connectivity index (χ4v) is 3.69. The van der Waals surface area contributed by atoms with Gasteiger partial charge in [0.2, 0.25) is 0 Å². The first-order chi connectivity index (χ1) is 9.76. The number of rotatable bonds is 6. The number of ether oxygens (including phenoxy) is 1. The Morgan fingerprint density at radius 3 is 2.90 bits per heavy atom. The molecule has 2 nitrogen and oxygen atoms in total. The number of hydrogen-bond donors (Lipinski definition) is 1. The van der Waals surface area contributed by atoms with Crippen molar-refractivity contribution >= 4 is 0 Å².